The molecule has 0 unspecified atom stereocenters. The van der Waals surface area contributed by atoms with E-state index >= 15 is 0 Å². The monoisotopic (exact) mass is 259 g/mol. The number of imidazole rings is 1. The van der Waals surface area contributed by atoms with Gasteiger partial charge >= 0.3 is 0 Å². The Labute approximate surface area is 114 Å². The number of hydrogen-bond donors (Lipinski definition) is 1. The van der Waals surface area contributed by atoms with Gasteiger partial charge < -0.3 is 15.0 Å². The SMILES string of the molecule is COc1cc(C)cc(C)c1-c1nc(CN)n(C)c1C. The Hall–Kier alpha value is -1.81. The molecule has 0 saturated heterocycles. The molecule has 19 heavy (non-hydrogen) atoms. The van der Waals surface area contributed by atoms with Crippen molar-refractivity contribution in [3.63, 3.8) is 0 Å². The zero-order valence-electron chi connectivity index (χ0n) is 12.2. The first-order valence-corrected chi connectivity index (χ1v) is 6.37. The van der Waals surface area contributed by atoms with Crippen molar-refractivity contribution in [2.75, 3.05) is 7.11 Å². The summed E-state index contributed by atoms with van der Waals surface area (Å²) in [5.74, 6) is 1.75. The van der Waals surface area contributed by atoms with Crippen LogP contribution in [0.1, 0.15) is 22.6 Å². The summed E-state index contributed by atoms with van der Waals surface area (Å²) in [6, 6.07) is 4.19. The van der Waals surface area contributed by atoms with E-state index in [-0.39, 0.29) is 0 Å². The highest BCUT2D eigenvalue weighted by atomic mass is 16.5. The lowest BCUT2D eigenvalue weighted by atomic mass is 10.0. The topological polar surface area (TPSA) is 53.1 Å². The molecule has 1 aromatic heterocycles. The Morgan fingerprint density at radius 2 is 1.95 bits per heavy atom. The molecule has 1 heterocycles. The molecular formula is C15H21N3O. The van der Waals surface area contributed by atoms with Crippen LogP contribution in [-0.4, -0.2) is 16.7 Å². The molecule has 0 saturated carbocycles. The van der Waals surface area contributed by atoms with Crippen LogP contribution in [0.15, 0.2) is 12.1 Å². The molecule has 102 valence electrons. The van der Waals surface area contributed by atoms with E-state index < -0.39 is 0 Å². The molecule has 0 amide bonds. The molecule has 0 atom stereocenters. The van der Waals surface area contributed by atoms with Crippen molar-refractivity contribution in [1.82, 2.24) is 9.55 Å². The van der Waals surface area contributed by atoms with Gasteiger partial charge in [-0.1, -0.05) is 6.07 Å². The van der Waals surface area contributed by atoms with E-state index in [4.69, 9.17) is 10.5 Å². The van der Waals surface area contributed by atoms with E-state index in [9.17, 15) is 0 Å². The molecule has 0 fully saturated rings. The van der Waals surface area contributed by atoms with E-state index in [1.54, 1.807) is 7.11 Å². The fourth-order valence-corrected chi connectivity index (χ4v) is 2.45. The normalized spacial score (nSPS) is 10.8. The lowest BCUT2D eigenvalue weighted by Crippen LogP contribution is -2.05. The van der Waals surface area contributed by atoms with Crippen molar-refractivity contribution in [2.24, 2.45) is 12.8 Å². The maximum Gasteiger partial charge on any atom is 0.128 e. The summed E-state index contributed by atoms with van der Waals surface area (Å²) in [4.78, 5) is 4.66. The van der Waals surface area contributed by atoms with E-state index in [2.05, 4.69) is 31.8 Å². The van der Waals surface area contributed by atoms with Crippen LogP contribution in [0, 0.1) is 20.8 Å². The Kier molecular flexibility index (Phi) is 3.62. The van der Waals surface area contributed by atoms with Gasteiger partial charge in [0.15, 0.2) is 0 Å². The van der Waals surface area contributed by atoms with Gasteiger partial charge in [0, 0.05) is 18.3 Å². The van der Waals surface area contributed by atoms with Crippen molar-refractivity contribution >= 4 is 0 Å². The summed E-state index contributed by atoms with van der Waals surface area (Å²) >= 11 is 0. The summed E-state index contributed by atoms with van der Waals surface area (Å²) < 4.78 is 7.55. The molecule has 0 aliphatic carbocycles. The van der Waals surface area contributed by atoms with Crippen molar-refractivity contribution in [1.29, 1.82) is 0 Å². The van der Waals surface area contributed by atoms with Crippen molar-refractivity contribution in [3.05, 3.63) is 34.8 Å². The summed E-state index contributed by atoms with van der Waals surface area (Å²) in [5, 5.41) is 0. The fraction of sp³-hybridized carbons (Fsp3) is 0.400. The summed E-state index contributed by atoms with van der Waals surface area (Å²) in [6.07, 6.45) is 0. The third-order valence-corrected chi connectivity index (χ3v) is 3.56. The van der Waals surface area contributed by atoms with Crippen molar-refractivity contribution in [3.8, 4) is 17.0 Å². The smallest absolute Gasteiger partial charge is 0.128 e. The fourth-order valence-electron chi connectivity index (χ4n) is 2.45. The highest BCUT2D eigenvalue weighted by Gasteiger charge is 2.18. The van der Waals surface area contributed by atoms with Crippen LogP contribution in [0.5, 0.6) is 5.75 Å². The number of aromatic nitrogens is 2. The van der Waals surface area contributed by atoms with Gasteiger partial charge in [-0.3, -0.25) is 0 Å². The molecule has 1 aromatic carbocycles. The van der Waals surface area contributed by atoms with Gasteiger partial charge in [0.25, 0.3) is 0 Å². The number of methoxy groups -OCH3 is 1. The second-order valence-corrected chi connectivity index (χ2v) is 4.88. The van der Waals surface area contributed by atoms with E-state index in [0.29, 0.717) is 6.54 Å². The maximum absolute atomic E-state index is 5.73. The quantitative estimate of drug-likeness (QED) is 0.921. The number of benzene rings is 1. The maximum atomic E-state index is 5.73. The third-order valence-electron chi connectivity index (χ3n) is 3.56. The summed E-state index contributed by atoms with van der Waals surface area (Å²) in [5.41, 5.74) is 11.2. The number of nitrogens with zero attached hydrogens (tertiary/aromatic N) is 2. The van der Waals surface area contributed by atoms with Crippen molar-refractivity contribution < 1.29 is 4.74 Å². The highest BCUT2D eigenvalue weighted by Crippen LogP contribution is 2.35. The Bertz CT molecular complexity index is 614. The minimum absolute atomic E-state index is 0.435. The van der Waals surface area contributed by atoms with E-state index in [1.807, 2.05) is 17.7 Å². The zero-order valence-corrected chi connectivity index (χ0v) is 12.2. The first-order chi connectivity index (χ1) is 8.99. The van der Waals surface area contributed by atoms with Gasteiger partial charge in [0.2, 0.25) is 0 Å². The second kappa shape index (κ2) is 5.05. The Morgan fingerprint density at radius 3 is 2.47 bits per heavy atom. The summed E-state index contributed by atoms with van der Waals surface area (Å²) in [7, 11) is 3.68. The Balaban J connectivity index is 2.71. The predicted octanol–water partition coefficient (Wildman–Crippen LogP) is 2.48. The average Bonchev–Trinajstić information content (AvgIpc) is 2.65. The van der Waals surface area contributed by atoms with Gasteiger partial charge in [0.1, 0.15) is 11.6 Å². The molecule has 0 radical (unpaired) electrons. The van der Waals surface area contributed by atoms with Crippen LogP contribution in [-0.2, 0) is 13.6 Å². The van der Waals surface area contributed by atoms with Crippen molar-refractivity contribution in [2.45, 2.75) is 27.3 Å². The summed E-state index contributed by atoms with van der Waals surface area (Å²) in [6.45, 7) is 6.64. The van der Waals surface area contributed by atoms with Gasteiger partial charge in [-0.15, -0.1) is 0 Å². The van der Waals surface area contributed by atoms with Crippen LogP contribution in [0.3, 0.4) is 0 Å². The van der Waals surface area contributed by atoms with Gasteiger partial charge in [-0.2, -0.15) is 0 Å². The van der Waals surface area contributed by atoms with Crippen LogP contribution >= 0.6 is 0 Å². The number of hydrogen-bond acceptors (Lipinski definition) is 3. The van der Waals surface area contributed by atoms with Crippen LogP contribution in [0.2, 0.25) is 0 Å². The first-order valence-electron chi connectivity index (χ1n) is 6.37. The lowest BCUT2D eigenvalue weighted by Gasteiger charge is -2.12. The van der Waals surface area contributed by atoms with Crippen LogP contribution < -0.4 is 10.5 Å². The molecule has 2 N–H and O–H groups in total. The molecule has 0 aliphatic heterocycles. The minimum Gasteiger partial charge on any atom is -0.496 e. The van der Waals surface area contributed by atoms with Gasteiger partial charge in [-0.05, 0) is 38.0 Å². The highest BCUT2D eigenvalue weighted by molar-refractivity contribution is 5.73. The third kappa shape index (κ3) is 2.24. The number of ether oxygens (including phenoxy) is 1. The lowest BCUT2D eigenvalue weighted by molar-refractivity contribution is 0.415. The molecular weight excluding hydrogens is 238 g/mol. The average molecular weight is 259 g/mol. The number of nitrogens with two attached hydrogens (primary N) is 1. The molecule has 4 nitrogen and oxygen atoms in total. The van der Waals surface area contributed by atoms with Gasteiger partial charge in [0.05, 0.1) is 19.3 Å². The molecule has 0 spiro atoms. The zero-order chi connectivity index (χ0) is 14.2. The molecule has 2 aromatic rings. The largest absolute Gasteiger partial charge is 0.496 e. The predicted molar refractivity (Wildman–Crippen MR) is 77.3 cm³/mol. The standard InChI is InChI=1S/C15H21N3O/c1-9-6-10(2)14(12(7-9)19-5)15-11(3)18(4)13(8-16)17-15/h6-7H,8,16H2,1-5H3. The molecule has 0 aliphatic rings. The second-order valence-electron chi connectivity index (χ2n) is 4.88. The molecule has 2 rings (SSSR count). The molecule has 4 heteroatoms. The van der Waals surface area contributed by atoms with Crippen LogP contribution in [0.25, 0.3) is 11.3 Å². The van der Waals surface area contributed by atoms with E-state index in [0.717, 1.165) is 28.5 Å². The number of aryl methyl sites for hydroxylation is 2. The van der Waals surface area contributed by atoms with Crippen LogP contribution in [0.4, 0.5) is 0 Å². The minimum atomic E-state index is 0.435. The number of rotatable bonds is 3. The van der Waals surface area contributed by atoms with E-state index in [1.165, 1.54) is 11.1 Å². The molecule has 0 bridgehead atoms. The van der Waals surface area contributed by atoms with Gasteiger partial charge in [-0.25, -0.2) is 4.98 Å². The first kappa shape index (κ1) is 13.6. The Morgan fingerprint density at radius 1 is 1.26 bits per heavy atom.